The van der Waals surface area contributed by atoms with Gasteiger partial charge in [-0.05, 0) is 17.5 Å². The van der Waals surface area contributed by atoms with Gasteiger partial charge in [0.15, 0.2) is 0 Å². The normalized spacial score (nSPS) is 26.9. The molecule has 16 heavy (non-hydrogen) atoms. The summed E-state index contributed by atoms with van der Waals surface area (Å²) in [4.78, 5) is 15.2. The minimum absolute atomic E-state index is 0.0465. The monoisotopic (exact) mass is 217 g/mol. The Kier molecular flexibility index (Phi) is 2.54. The van der Waals surface area contributed by atoms with Crippen LogP contribution in [0.1, 0.15) is 13.8 Å². The zero-order chi connectivity index (χ0) is 11.8. The maximum absolute atomic E-state index is 10.9. The molecular formula is C13H15NO2. The minimum atomic E-state index is -0.727. The highest BCUT2D eigenvalue weighted by atomic mass is 16.4. The van der Waals surface area contributed by atoms with Gasteiger partial charge < -0.3 is 5.11 Å². The van der Waals surface area contributed by atoms with E-state index in [1.54, 1.807) is 6.21 Å². The summed E-state index contributed by atoms with van der Waals surface area (Å²) in [6.45, 7) is 3.93. The van der Waals surface area contributed by atoms with Crippen molar-refractivity contribution in [1.29, 1.82) is 0 Å². The molecule has 1 N–H and O–H groups in total. The molecule has 2 atom stereocenters. The average Bonchev–Trinajstić information content (AvgIpc) is 2.79. The Morgan fingerprint density at radius 1 is 1.38 bits per heavy atom. The predicted octanol–water partition coefficient (Wildman–Crippen LogP) is 2.75. The van der Waals surface area contributed by atoms with Gasteiger partial charge in [0.25, 0.3) is 0 Å². The molecule has 1 aliphatic rings. The van der Waals surface area contributed by atoms with Crippen LogP contribution in [0.25, 0.3) is 0 Å². The van der Waals surface area contributed by atoms with Gasteiger partial charge in [0.1, 0.15) is 0 Å². The highest BCUT2D eigenvalue weighted by molar-refractivity contribution is 5.85. The fourth-order valence-corrected chi connectivity index (χ4v) is 2.11. The molecule has 3 heteroatoms. The lowest BCUT2D eigenvalue weighted by molar-refractivity contribution is -0.139. The number of rotatable bonds is 3. The van der Waals surface area contributed by atoms with Crippen LogP contribution in [0.3, 0.4) is 0 Å². The summed E-state index contributed by atoms with van der Waals surface area (Å²) in [5.41, 5.74) is 0.707. The lowest BCUT2D eigenvalue weighted by atomic mass is 10.1. The number of hydrogen-bond acceptors (Lipinski definition) is 2. The summed E-state index contributed by atoms with van der Waals surface area (Å²) in [6, 6.07) is 9.57. The number of carbonyl (C=O) groups is 1. The maximum Gasteiger partial charge on any atom is 0.307 e. The topological polar surface area (TPSA) is 49.7 Å². The third-order valence-corrected chi connectivity index (χ3v) is 3.32. The SMILES string of the molecule is CC1(C)C(/C=N\c2ccccc2)C1C(=O)O. The summed E-state index contributed by atoms with van der Waals surface area (Å²) in [7, 11) is 0. The molecule has 1 aromatic carbocycles. The van der Waals surface area contributed by atoms with Gasteiger partial charge in [-0.25, -0.2) is 0 Å². The molecule has 0 aromatic heterocycles. The van der Waals surface area contributed by atoms with E-state index in [4.69, 9.17) is 5.11 Å². The van der Waals surface area contributed by atoms with Gasteiger partial charge in [-0.1, -0.05) is 32.0 Å². The second kappa shape index (κ2) is 3.74. The highest BCUT2D eigenvalue weighted by Crippen LogP contribution is 2.57. The number of aliphatic imine (C=N–C) groups is 1. The molecule has 0 heterocycles. The zero-order valence-corrected chi connectivity index (χ0v) is 9.42. The standard InChI is InChI=1S/C13H15NO2/c1-13(2)10(11(13)12(15)16)8-14-9-6-4-3-5-7-9/h3-8,10-11H,1-2H3,(H,15,16)/b14-8-. The average molecular weight is 217 g/mol. The molecule has 0 amide bonds. The van der Waals surface area contributed by atoms with E-state index in [-0.39, 0.29) is 17.3 Å². The minimum Gasteiger partial charge on any atom is -0.481 e. The molecule has 2 rings (SSSR count). The molecule has 3 nitrogen and oxygen atoms in total. The van der Waals surface area contributed by atoms with E-state index in [9.17, 15) is 4.79 Å². The van der Waals surface area contributed by atoms with E-state index >= 15 is 0 Å². The molecule has 0 bridgehead atoms. The number of carboxylic acids is 1. The van der Waals surface area contributed by atoms with Crippen LogP contribution in [-0.4, -0.2) is 17.3 Å². The summed E-state index contributed by atoms with van der Waals surface area (Å²) < 4.78 is 0. The van der Waals surface area contributed by atoms with Crippen LogP contribution >= 0.6 is 0 Å². The van der Waals surface area contributed by atoms with Gasteiger partial charge in [0.2, 0.25) is 0 Å². The van der Waals surface area contributed by atoms with Crippen molar-refractivity contribution >= 4 is 17.9 Å². The Balaban J connectivity index is 2.08. The lowest BCUT2D eigenvalue weighted by Crippen LogP contribution is -2.03. The second-order valence-electron chi connectivity index (χ2n) is 4.78. The van der Waals surface area contributed by atoms with Crippen molar-refractivity contribution < 1.29 is 9.90 Å². The molecule has 1 aliphatic carbocycles. The third kappa shape index (κ3) is 1.85. The number of hydrogen-bond donors (Lipinski definition) is 1. The van der Waals surface area contributed by atoms with Crippen LogP contribution in [0, 0.1) is 17.3 Å². The van der Waals surface area contributed by atoms with E-state index in [2.05, 4.69) is 4.99 Å². The fourth-order valence-electron chi connectivity index (χ4n) is 2.11. The van der Waals surface area contributed by atoms with Gasteiger partial charge >= 0.3 is 5.97 Å². The van der Waals surface area contributed by atoms with E-state index in [0.29, 0.717) is 0 Å². The van der Waals surface area contributed by atoms with Crippen molar-refractivity contribution in [3.8, 4) is 0 Å². The number of aliphatic carboxylic acids is 1. The number of nitrogens with zero attached hydrogens (tertiary/aromatic N) is 1. The number of para-hydroxylation sites is 1. The van der Waals surface area contributed by atoms with Gasteiger partial charge in [-0.2, -0.15) is 0 Å². The molecule has 1 aromatic rings. The van der Waals surface area contributed by atoms with Gasteiger partial charge in [0.05, 0.1) is 11.6 Å². The Morgan fingerprint density at radius 3 is 2.50 bits per heavy atom. The predicted molar refractivity (Wildman–Crippen MR) is 63.0 cm³/mol. The number of benzene rings is 1. The molecule has 0 aliphatic heterocycles. The van der Waals surface area contributed by atoms with Crippen LogP contribution < -0.4 is 0 Å². The van der Waals surface area contributed by atoms with E-state index in [1.807, 2.05) is 44.2 Å². The summed E-state index contributed by atoms with van der Waals surface area (Å²) in [6.07, 6.45) is 1.77. The molecule has 1 saturated carbocycles. The molecule has 1 fully saturated rings. The second-order valence-corrected chi connectivity index (χ2v) is 4.78. The molecule has 2 unspecified atom stereocenters. The van der Waals surface area contributed by atoms with Gasteiger partial charge in [-0.3, -0.25) is 9.79 Å². The smallest absolute Gasteiger partial charge is 0.307 e. The molecule has 0 spiro atoms. The number of carboxylic acid groups (broad SMARTS) is 1. The van der Waals surface area contributed by atoms with E-state index in [1.165, 1.54) is 0 Å². The highest BCUT2D eigenvalue weighted by Gasteiger charge is 2.61. The first kappa shape index (κ1) is 10.9. The van der Waals surface area contributed by atoms with Gasteiger partial charge in [0, 0.05) is 12.1 Å². The summed E-state index contributed by atoms with van der Waals surface area (Å²) in [5, 5.41) is 8.99. The van der Waals surface area contributed by atoms with Crippen molar-refractivity contribution in [3.63, 3.8) is 0 Å². The lowest BCUT2D eigenvalue weighted by Gasteiger charge is -1.96. The maximum atomic E-state index is 10.9. The Morgan fingerprint density at radius 2 is 2.00 bits per heavy atom. The molecule has 0 radical (unpaired) electrons. The first-order valence-corrected chi connectivity index (χ1v) is 5.35. The first-order chi connectivity index (χ1) is 7.53. The van der Waals surface area contributed by atoms with Crippen LogP contribution in [0.4, 0.5) is 5.69 Å². The Bertz CT molecular complexity index is 423. The largest absolute Gasteiger partial charge is 0.481 e. The molecule has 0 saturated heterocycles. The Labute approximate surface area is 94.8 Å². The van der Waals surface area contributed by atoms with Crippen molar-refractivity contribution in [2.75, 3.05) is 0 Å². The van der Waals surface area contributed by atoms with E-state index < -0.39 is 5.97 Å². The van der Waals surface area contributed by atoms with Crippen LogP contribution in [0.2, 0.25) is 0 Å². The molecule has 84 valence electrons. The van der Waals surface area contributed by atoms with Crippen molar-refractivity contribution in [1.82, 2.24) is 0 Å². The third-order valence-electron chi connectivity index (χ3n) is 3.32. The Hall–Kier alpha value is -1.64. The first-order valence-electron chi connectivity index (χ1n) is 5.35. The van der Waals surface area contributed by atoms with Crippen LogP contribution in [0.15, 0.2) is 35.3 Å². The van der Waals surface area contributed by atoms with Crippen LogP contribution in [0.5, 0.6) is 0 Å². The van der Waals surface area contributed by atoms with Crippen LogP contribution in [-0.2, 0) is 4.79 Å². The van der Waals surface area contributed by atoms with Crippen molar-refractivity contribution in [3.05, 3.63) is 30.3 Å². The summed E-state index contributed by atoms with van der Waals surface area (Å²) in [5.74, 6) is -0.973. The van der Waals surface area contributed by atoms with Crippen molar-refractivity contribution in [2.24, 2.45) is 22.2 Å². The van der Waals surface area contributed by atoms with E-state index in [0.717, 1.165) is 5.69 Å². The quantitative estimate of drug-likeness (QED) is 0.791. The van der Waals surface area contributed by atoms with Gasteiger partial charge in [-0.15, -0.1) is 0 Å². The van der Waals surface area contributed by atoms with Crippen molar-refractivity contribution in [2.45, 2.75) is 13.8 Å². The molecular weight excluding hydrogens is 202 g/mol. The summed E-state index contributed by atoms with van der Waals surface area (Å²) >= 11 is 0. The fraction of sp³-hybridized carbons (Fsp3) is 0.385. The zero-order valence-electron chi connectivity index (χ0n) is 9.42.